The predicted molar refractivity (Wildman–Crippen MR) is 43.8 cm³/mol. The fourth-order valence-electron chi connectivity index (χ4n) is 0.980. The molecule has 0 atom stereocenters. The van der Waals surface area contributed by atoms with Gasteiger partial charge in [0.05, 0.1) is 5.69 Å². The van der Waals surface area contributed by atoms with Crippen LogP contribution in [0.4, 0.5) is 0 Å². The lowest BCUT2D eigenvalue weighted by molar-refractivity contribution is -0.137. The molecular weight excluding hydrogens is 156 g/mol. The lowest BCUT2D eigenvalue weighted by Crippen LogP contribution is -2.02. The SMILES string of the molecule is Cc1ccn(CCCC(=O)O)n1. The molecule has 0 aliphatic heterocycles. The summed E-state index contributed by atoms with van der Waals surface area (Å²) in [6.07, 6.45) is 2.70. The fourth-order valence-corrected chi connectivity index (χ4v) is 0.980. The number of aliphatic carboxylic acids is 1. The summed E-state index contributed by atoms with van der Waals surface area (Å²) in [5, 5.41) is 12.5. The van der Waals surface area contributed by atoms with Crippen LogP contribution in [-0.2, 0) is 11.3 Å². The minimum Gasteiger partial charge on any atom is -0.481 e. The number of carboxylic acid groups (broad SMARTS) is 1. The van der Waals surface area contributed by atoms with Crippen LogP contribution in [0.15, 0.2) is 12.3 Å². The molecule has 1 rings (SSSR count). The molecule has 0 saturated carbocycles. The van der Waals surface area contributed by atoms with Crippen molar-refractivity contribution in [2.45, 2.75) is 26.3 Å². The lowest BCUT2D eigenvalue weighted by Gasteiger charge is -1.97. The molecule has 66 valence electrons. The molecule has 0 unspecified atom stereocenters. The summed E-state index contributed by atoms with van der Waals surface area (Å²) in [6.45, 7) is 2.59. The number of aryl methyl sites for hydroxylation is 2. The van der Waals surface area contributed by atoms with Crippen molar-refractivity contribution >= 4 is 5.97 Å². The molecule has 0 fully saturated rings. The molecule has 0 amide bonds. The summed E-state index contributed by atoms with van der Waals surface area (Å²) >= 11 is 0. The highest BCUT2D eigenvalue weighted by atomic mass is 16.4. The Hall–Kier alpha value is -1.32. The van der Waals surface area contributed by atoms with Crippen molar-refractivity contribution in [2.24, 2.45) is 0 Å². The third-order valence-corrected chi connectivity index (χ3v) is 1.55. The summed E-state index contributed by atoms with van der Waals surface area (Å²) in [6, 6.07) is 1.90. The minimum absolute atomic E-state index is 0.207. The van der Waals surface area contributed by atoms with Crippen LogP contribution in [0.3, 0.4) is 0 Å². The maximum absolute atomic E-state index is 10.2. The lowest BCUT2D eigenvalue weighted by atomic mass is 10.3. The van der Waals surface area contributed by atoms with E-state index in [2.05, 4.69) is 5.10 Å². The Kier molecular flexibility index (Phi) is 2.85. The zero-order valence-electron chi connectivity index (χ0n) is 7.03. The molecule has 4 nitrogen and oxygen atoms in total. The van der Waals surface area contributed by atoms with E-state index in [0.717, 1.165) is 5.69 Å². The van der Waals surface area contributed by atoms with Gasteiger partial charge >= 0.3 is 5.97 Å². The van der Waals surface area contributed by atoms with Gasteiger partial charge in [-0.3, -0.25) is 9.48 Å². The van der Waals surface area contributed by atoms with Crippen molar-refractivity contribution in [2.75, 3.05) is 0 Å². The van der Waals surface area contributed by atoms with Gasteiger partial charge in [0.2, 0.25) is 0 Å². The first-order valence-corrected chi connectivity index (χ1v) is 3.90. The number of carbonyl (C=O) groups is 1. The molecule has 1 aromatic heterocycles. The zero-order chi connectivity index (χ0) is 8.97. The highest BCUT2D eigenvalue weighted by Gasteiger charge is 1.97. The second kappa shape index (κ2) is 3.90. The first kappa shape index (κ1) is 8.77. The van der Waals surface area contributed by atoms with Crippen LogP contribution in [0.25, 0.3) is 0 Å². The molecule has 4 heteroatoms. The largest absolute Gasteiger partial charge is 0.481 e. The van der Waals surface area contributed by atoms with Gasteiger partial charge in [0.25, 0.3) is 0 Å². The molecule has 1 aromatic rings. The normalized spacial score (nSPS) is 10.1. The van der Waals surface area contributed by atoms with Gasteiger partial charge in [-0.1, -0.05) is 0 Å². The molecule has 0 spiro atoms. The smallest absolute Gasteiger partial charge is 0.303 e. The van der Waals surface area contributed by atoms with Crippen molar-refractivity contribution in [3.8, 4) is 0 Å². The van der Waals surface area contributed by atoms with Crippen LogP contribution in [0.2, 0.25) is 0 Å². The van der Waals surface area contributed by atoms with Crippen LogP contribution in [0.1, 0.15) is 18.5 Å². The van der Waals surface area contributed by atoms with E-state index in [1.807, 2.05) is 19.2 Å². The molecule has 1 N–H and O–H groups in total. The van der Waals surface area contributed by atoms with Crippen LogP contribution in [0, 0.1) is 6.92 Å². The van der Waals surface area contributed by atoms with E-state index in [0.29, 0.717) is 13.0 Å². The molecule has 0 aliphatic rings. The monoisotopic (exact) mass is 168 g/mol. The number of hydrogen-bond donors (Lipinski definition) is 1. The summed E-state index contributed by atoms with van der Waals surface area (Å²) < 4.78 is 1.76. The van der Waals surface area contributed by atoms with E-state index in [9.17, 15) is 4.79 Å². The highest BCUT2D eigenvalue weighted by Crippen LogP contribution is 1.96. The second-order valence-electron chi connectivity index (χ2n) is 2.72. The number of carboxylic acids is 1. The maximum atomic E-state index is 10.2. The van der Waals surface area contributed by atoms with Gasteiger partial charge in [-0.25, -0.2) is 0 Å². The Morgan fingerprint density at radius 3 is 3.00 bits per heavy atom. The van der Waals surface area contributed by atoms with E-state index in [4.69, 9.17) is 5.11 Å². The van der Waals surface area contributed by atoms with E-state index < -0.39 is 5.97 Å². The molecule has 1 heterocycles. The van der Waals surface area contributed by atoms with Crippen LogP contribution in [-0.4, -0.2) is 20.9 Å². The number of hydrogen-bond acceptors (Lipinski definition) is 2. The summed E-state index contributed by atoms with van der Waals surface area (Å²) in [7, 11) is 0. The second-order valence-corrected chi connectivity index (χ2v) is 2.72. The van der Waals surface area contributed by atoms with Crippen molar-refractivity contribution in [3.63, 3.8) is 0 Å². The average molecular weight is 168 g/mol. The van der Waals surface area contributed by atoms with E-state index in [1.165, 1.54) is 0 Å². The molecule has 0 bridgehead atoms. The van der Waals surface area contributed by atoms with Crippen molar-refractivity contribution in [1.29, 1.82) is 0 Å². The van der Waals surface area contributed by atoms with E-state index in [-0.39, 0.29) is 6.42 Å². The third-order valence-electron chi connectivity index (χ3n) is 1.55. The Labute approximate surface area is 70.8 Å². The van der Waals surface area contributed by atoms with Crippen molar-refractivity contribution in [1.82, 2.24) is 9.78 Å². The van der Waals surface area contributed by atoms with E-state index in [1.54, 1.807) is 4.68 Å². The van der Waals surface area contributed by atoms with Gasteiger partial charge in [-0.15, -0.1) is 0 Å². The standard InChI is InChI=1S/C8H12N2O2/c1-7-4-6-10(9-7)5-2-3-8(11)12/h4,6H,2-3,5H2,1H3,(H,11,12). The van der Waals surface area contributed by atoms with Gasteiger partial charge in [0.15, 0.2) is 0 Å². The fraction of sp³-hybridized carbons (Fsp3) is 0.500. The number of nitrogens with zero attached hydrogens (tertiary/aromatic N) is 2. The summed E-state index contributed by atoms with van der Waals surface area (Å²) in [5.74, 6) is -0.751. The average Bonchev–Trinajstić information content (AvgIpc) is 2.35. The summed E-state index contributed by atoms with van der Waals surface area (Å²) in [4.78, 5) is 10.2. The molecule has 0 aliphatic carbocycles. The van der Waals surface area contributed by atoms with Crippen molar-refractivity contribution < 1.29 is 9.90 Å². The molecule has 0 radical (unpaired) electrons. The Bertz CT molecular complexity index is 268. The minimum atomic E-state index is -0.751. The topological polar surface area (TPSA) is 55.1 Å². The van der Waals surface area contributed by atoms with Gasteiger partial charge in [0.1, 0.15) is 0 Å². The van der Waals surface area contributed by atoms with Gasteiger partial charge in [-0.2, -0.15) is 5.10 Å². The van der Waals surface area contributed by atoms with E-state index >= 15 is 0 Å². The first-order valence-electron chi connectivity index (χ1n) is 3.90. The number of rotatable bonds is 4. The van der Waals surface area contributed by atoms with Gasteiger partial charge in [0, 0.05) is 19.2 Å². The molecular formula is C8H12N2O2. The van der Waals surface area contributed by atoms with Gasteiger partial charge in [-0.05, 0) is 19.4 Å². The maximum Gasteiger partial charge on any atom is 0.303 e. The van der Waals surface area contributed by atoms with Crippen LogP contribution < -0.4 is 0 Å². The number of aromatic nitrogens is 2. The Balaban J connectivity index is 2.29. The highest BCUT2D eigenvalue weighted by molar-refractivity contribution is 5.66. The summed E-state index contributed by atoms with van der Waals surface area (Å²) in [5.41, 5.74) is 0.963. The Morgan fingerprint density at radius 2 is 2.50 bits per heavy atom. The van der Waals surface area contributed by atoms with Crippen LogP contribution >= 0.6 is 0 Å². The third kappa shape index (κ3) is 2.74. The predicted octanol–water partition coefficient (Wildman–Crippen LogP) is 1.06. The first-order chi connectivity index (χ1) is 5.68. The quantitative estimate of drug-likeness (QED) is 0.731. The zero-order valence-corrected chi connectivity index (χ0v) is 7.03. The van der Waals surface area contributed by atoms with Crippen molar-refractivity contribution in [3.05, 3.63) is 18.0 Å². The van der Waals surface area contributed by atoms with Gasteiger partial charge < -0.3 is 5.11 Å². The van der Waals surface area contributed by atoms with Crippen LogP contribution in [0.5, 0.6) is 0 Å². The Morgan fingerprint density at radius 1 is 1.75 bits per heavy atom. The molecule has 0 aromatic carbocycles. The molecule has 0 saturated heterocycles. The molecule has 12 heavy (non-hydrogen) atoms.